The van der Waals surface area contributed by atoms with Gasteiger partial charge in [0.05, 0.1) is 0 Å². The molecule has 11 heavy (non-hydrogen) atoms. The predicted octanol–water partition coefficient (Wildman–Crippen LogP) is 1.67. The van der Waals surface area contributed by atoms with Crippen molar-refractivity contribution in [1.29, 1.82) is 0 Å². The monoisotopic (exact) mass is 152 g/mol. The lowest BCUT2D eigenvalue weighted by Gasteiger charge is -1.87. The van der Waals surface area contributed by atoms with Crippen LogP contribution in [-0.4, -0.2) is 11.6 Å². The Labute approximate surface area is 66.6 Å². The van der Waals surface area contributed by atoms with Crippen LogP contribution in [-0.2, 0) is 9.59 Å². The van der Waals surface area contributed by atoms with Crippen LogP contribution in [0.3, 0.4) is 0 Å². The first-order chi connectivity index (χ1) is 5.04. The van der Waals surface area contributed by atoms with Crippen LogP contribution in [0.1, 0.15) is 20.8 Å². The number of Topliss-reactive ketones (excluding diaryl/α,β-unsaturated/α-hetero) is 1. The molecule has 0 aliphatic rings. The van der Waals surface area contributed by atoms with Crippen LogP contribution >= 0.6 is 0 Å². The third-order valence-corrected chi connectivity index (χ3v) is 1.23. The van der Waals surface area contributed by atoms with E-state index in [2.05, 4.69) is 0 Å². The Balaban J connectivity index is 4.13. The van der Waals surface area contributed by atoms with E-state index >= 15 is 0 Å². The molecule has 0 amide bonds. The van der Waals surface area contributed by atoms with E-state index in [4.69, 9.17) is 0 Å². The SMILES string of the molecule is CC(=O)C=CC=C(C)C(C)=O. The van der Waals surface area contributed by atoms with Gasteiger partial charge in [0.2, 0.25) is 0 Å². The lowest BCUT2D eigenvalue weighted by atomic mass is 10.2. The molecule has 0 radical (unpaired) electrons. The molecule has 0 atom stereocenters. The van der Waals surface area contributed by atoms with Crippen LogP contribution < -0.4 is 0 Å². The molecule has 0 saturated carbocycles. The number of allylic oxidation sites excluding steroid dienone is 4. The van der Waals surface area contributed by atoms with Crippen molar-refractivity contribution in [3.63, 3.8) is 0 Å². The maximum Gasteiger partial charge on any atom is 0.155 e. The highest BCUT2D eigenvalue weighted by Gasteiger charge is 1.91. The molecule has 0 aliphatic carbocycles. The molecule has 0 N–H and O–H groups in total. The molecular weight excluding hydrogens is 140 g/mol. The molecule has 2 nitrogen and oxygen atoms in total. The topological polar surface area (TPSA) is 34.1 Å². The first-order valence-corrected chi connectivity index (χ1v) is 3.40. The second kappa shape index (κ2) is 4.61. The van der Waals surface area contributed by atoms with E-state index in [1.807, 2.05) is 0 Å². The molecule has 0 aliphatic heterocycles. The quantitative estimate of drug-likeness (QED) is 0.455. The number of hydrogen-bond acceptors (Lipinski definition) is 2. The molecule has 0 bridgehead atoms. The third-order valence-electron chi connectivity index (χ3n) is 1.23. The van der Waals surface area contributed by atoms with E-state index < -0.39 is 0 Å². The number of rotatable bonds is 3. The zero-order valence-electron chi connectivity index (χ0n) is 7.05. The molecule has 2 heteroatoms. The van der Waals surface area contributed by atoms with Crippen molar-refractivity contribution in [2.75, 3.05) is 0 Å². The van der Waals surface area contributed by atoms with Gasteiger partial charge in [-0.05, 0) is 32.4 Å². The van der Waals surface area contributed by atoms with Crippen LogP contribution in [0, 0.1) is 0 Å². The average molecular weight is 152 g/mol. The van der Waals surface area contributed by atoms with Crippen LogP contribution in [0.15, 0.2) is 23.8 Å². The number of carbonyl (C=O) groups excluding carboxylic acids is 2. The zero-order chi connectivity index (χ0) is 8.85. The zero-order valence-corrected chi connectivity index (χ0v) is 7.05. The van der Waals surface area contributed by atoms with Gasteiger partial charge in [0.25, 0.3) is 0 Å². The van der Waals surface area contributed by atoms with Gasteiger partial charge in [0, 0.05) is 0 Å². The molecule has 0 unspecified atom stereocenters. The Hall–Kier alpha value is -1.18. The van der Waals surface area contributed by atoms with Gasteiger partial charge >= 0.3 is 0 Å². The van der Waals surface area contributed by atoms with Gasteiger partial charge in [0.1, 0.15) is 0 Å². The Kier molecular flexibility index (Phi) is 4.11. The summed E-state index contributed by atoms with van der Waals surface area (Å²) in [5, 5.41) is 0. The number of carbonyl (C=O) groups is 2. The minimum atomic E-state index is -0.0161. The van der Waals surface area contributed by atoms with Crippen LogP contribution in [0.4, 0.5) is 0 Å². The molecule has 0 saturated heterocycles. The van der Waals surface area contributed by atoms with E-state index in [1.54, 1.807) is 19.1 Å². The molecule has 0 spiro atoms. The Bertz CT molecular complexity index is 222. The van der Waals surface area contributed by atoms with Gasteiger partial charge in [-0.25, -0.2) is 0 Å². The first kappa shape index (κ1) is 9.82. The molecule has 0 rings (SSSR count). The van der Waals surface area contributed by atoms with Crippen LogP contribution in [0.25, 0.3) is 0 Å². The van der Waals surface area contributed by atoms with Gasteiger partial charge in [-0.1, -0.05) is 12.2 Å². The summed E-state index contributed by atoms with van der Waals surface area (Å²) in [4.78, 5) is 21.0. The fourth-order valence-electron chi connectivity index (χ4n) is 0.445. The van der Waals surface area contributed by atoms with E-state index in [0.717, 1.165) is 0 Å². The summed E-state index contributed by atoms with van der Waals surface area (Å²) in [5.41, 5.74) is 0.655. The normalized spacial score (nSPS) is 12.1. The molecule has 0 aromatic heterocycles. The summed E-state index contributed by atoms with van der Waals surface area (Å²) in [5.74, 6) is 0.0100. The van der Waals surface area contributed by atoms with E-state index in [-0.39, 0.29) is 11.6 Å². The third kappa shape index (κ3) is 5.27. The highest BCUT2D eigenvalue weighted by Crippen LogP contribution is 1.93. The smallest absolute Gasteiger partial charge is 0.155 e. The lowest BCUT2D eigenvalue weighted by molar-refractivity contribution is -0.114. The number of hydrogen-bond donors (Lipinski definition) is 0. The van der Waals surface area contributed by atoms with Gasteiger partial charge in [-0.3, -0.25) is 9.59 Å². The molecule has 60 valence electrons. The van der Waals surface area contributed by atoms with Crippen LogP contribution in [0.2, 0.25) is 0 Å². The van der Waals surface area contributed by atoms with Gasteiger partial charge < -0.3 is 0 Å². The Morgan fingerprint density at radius 2 is 1.64 bits per heavy atom. The lowest BCUT2D eigenvalue weighted by Crippen LogP contribution is -1.89. The summed E-state index contributed by atoms with van der Waals surface area (Å²) in [6, 6.07) is 0. The minimum Gasteiger partial charge on any atom is -0.295 e. The summed E-state index contributed by atoms with van der Waals surface area (Å²) >= 11 is 0. The van der Waals surface area contributed by atoms with Crippen molar-refractivity contribution in [2.24, 2.45) is 0 Å². The van der Waals surface area contributed by atoms with Crippen molar-refractivity contribution in [2.45, 2.75) is 20.8 Å². The van der Waals surface area contributed by atoms with Crippen molar-refractivity contribution in [3.05, 3.63) is 23.8 Å². The Morgan fingerprint density at radius 1 is 1.09 bits per heavy atom. The predicted molar refractivity (Wildman–Crippen MR) is 44.3 cm³/mol. The fourth-order valence-corrected chi connectivity index (χ4v) is 0.445. The summed E-state index contributed by atoms with van der Waals surface area (Å²) in [6.45, 7) is 4.67. The standard InChI is InChI=1S/C9H12O2/c1-7(9(3)11)5-4-6-8(2)10/h4-6H,1-3H3. The minimum absolute atomic E-state index is 0.0161. The Morgan fingerprint density at radius 3 is 2.00 bits per heavy atom. The van der Waals surface area contributed by atoms with Crippen molar-refractivity contribution < 1.29 is 9.59 Å². The maximum absolute atomic E-state index is 10.6. The average Bonchev–Trinajstić information content (AvgIpc) is 1.86. The fraction of sp³-hybridized carbons (Fsp3) is 0.333. The number of ketones is 2. The van der Waals surface area contributed by atoms with Gasteiger partial charge in [0.15, 0.2) is 11.6 Å². The van der Waals surface area contributed by atoms with Crippen molar-refractivity contribution in [3.8, 4) is 0 Å². The van der Waals surface area contributed by atoms with E-state index in [1.165, 1.54) is 19.9 Å². The second-order valence-electron chi connectivity index (χ2n) is 2.38. The van der Waals surface area contributed by atoms with Crippen molar-refractivity contribution >= 4 is 11.6 Å². The molecular formula is C9H12O2. The molecule has 0 heterocycles. The molecule has 0 aromatic rings. The van der Waals surface area contributed by atoms with E-state index in [0.29, 0.717) is 5.57 Å². The summed E-state index contributed by atoms with van der Waals surface area (Å²) in [6.07, 6.45) is 4.63. The highest BCUT2D eigenvalue weighted by atomic mass is 16.1. The molecule has 0 fully saturated rings. The summed E-state index contributed by atoms with van der Waals surface area (Å²) in [7, 11) is 0. The van der Waals surface area contributed by atoms with Gasteiger partial charge in [-0.2, -0.15) is 0 Å². The van der Waals surface area contributed by atoms with Crippen molar-refractivity contribution in [1.82, 2.24) is 0 Å². The first-order valence-electron chi connectivity index (χ1n) is 3.40. The highest BCUT2D eigenvalue weighted by molar-refractivity contribution is 5.93. The largest absolute Gasteiger partial charge is 0.295 e. The van der Waals surface area contributed by atoms with E-state index in [9.17, 15) is 9.59 Å². The molecule has 0 aromatic carbocycles. The summed E-state index contributed by atoms with van der Waals surface area (Å²) < 4.78 is 0. The van der Waals surface area contributed by atoms with Gasteiger partial charge in [-0.15, -0.1) is 0 Å². The second-order valence-corrected chi connectivity index (χ2v) is 2.38. The van der Waals surface area contributed by atoms with Crippen LogP contribution in [0.5, 0.6) is 0 Å². The maximum atomic E-state index is 10.6.